The van der Waals surface area contributed by atoms with Gasteiger partial charge in [-0.1, -0.05) is 0 Å². The molecule has 2 heterocycles. The Labute approximate surface area is 155 Å². The standard InChI is InChI=1S/C21H28N2O3/c1-15(24)22-12-9-17(10-13-22)5-8-21(26)19-6-7-20-18(14-19)4-3-11-23(20)16(2)25/h6-7,14,17H,3-5,8-13H2,1-2H3. The third kappa shape index (κ3) is 4.14. The molecule has 0 saturated carbocycles. The van der Waals surface area contributed by atoms with Gasteiger partial charge in [-0.05, 0) is 61.8 Å². The number of anilines is 1. The van der Waals surface area contributed by atoms with E-state index in [-0.39, 0.29) is 17.6 Å². The number of benzene rings is 1. The predicted molar refractivity (Wildman–Crippen MR) is 101 cm³/mol. The molecule has 5 nitrogen and oxygen atoms in total. The summed E-state index contributed by atoms with van der Waals surface area (Å²) < 4.78 is 0. The number of rotatable bonds is 4. The topological polar surface area (TPSA) is 57.7 Å². The van der Waals surface area contributed by atoms with E-state index in [1.807, 2.05) is 23.1 Å². The van der Waals surface area contributed by atoms with Gasteiger partial charge in [0.05, 0.1) is 0 Å². The average molecular weight is 356 g/mol. The molecule has 0 unspecified atom stereocenters. The van der Waals surface area contributed by atoms with Crippen molar-refractivity contribution >= 4 is 23.3 Å². The Morgan fingerprint density at radius 1 is 1.04 bits per heavy atom. The number of hydrogen-bond donors (Lipinski definition) is 0. The van der Waals surface area contributed by atoms with Crippen molar-refractivity contribution in [3.63, 3.8) is 0 Å². The van der Waals surface area contributed by atoms with Crippen molar-refractivity contribution in [2.24, 2.45) is 5.92 Å². The maximum Gasteiger partial charge on any atom is 0.223 e. The maximum atomic E-state index is 12.6. The molecule has 2 amide bonds. The molecule has 0 spiro atoms. The summed E-state index contributed by atoms with van der Waals surface area (Å²) in [5, 5.41) is 0. The monoisotopic (exact) mass is 356 g/mol. The van der Waals surface area contributed by atoms with Crippen LogP contribution in [0.4, 0.5) is 5.69 Å². The SMILES string of the molecule is CC(=O)N1CCC(CCC(=O)c2ccc3c(c2)CCCN3C(C)=O)CC1. The van der Waals surface area contributed by atoms with Crippen LogP contribution >= 0.6 is 0 Å². The summed E-state index contributed by atoms with van der Waals surface area (Å²) in [4.78, 5) is 39.5. The summed E-state index contributed by atoms with van der Waals surface area (Å²) in [5.74, 6) is 0.914. The molecule has 5 heteroatoms. The summed E-state index contributed by atoms with van der Waals surface area (Å²) >= 11 is 0. The summed E-state index contributed by atoms with van der Waals surface area (Å²) in [6.07, 6.45) is 5.29. The molecule has 1 aromatic rings. The zero-order valence-corrected chi connectivity index (χ0v) is 15.8. The number of carbonyl (C=O) groups excluding carboxylic acids is 3. The largest absolute Gasteiger partial charge is 0.343 e. The molecule has 2 aliphatic rings. The molecule has 0 aromatic heterocycles. The van der Waals surface area contributed by atoms with Crippen molar-refractivity contribution in [2.45, 2.75) is 52.4 Å². The van der Waals surface area contributed by atoms with Gasteiger partial charge in [0, 0.05) is 51.2 Å². The fraction of sp³-hybridized carbons (Fsp3) is 0.571. The third-order valence-electron chi connectivity index (χ3n) is 5.74. The quantitative estimate of drug-likeness (QED) is 0.779. The van der Waals surface area contributed by atoms with Crippen LogP contribution in [0.3, 0.4) is 0 Å². The average Bonchev–Trinajstić information content (AvgIpc) is 2.65. The lowest BCUT2D eigenvalue weighted by Crippen LogP contribution is -2.37. The zero-order chi connectivity index (χ0) is 18.7. The summed E-state index contributed by atoms with van der Waals surface area (Å²) in [6.45, 7) is 5.59. The molecule has 1 aromatic carbocycles. The first-order valence-electron chi connectivity index (χ1n) is 9.65. The smallest absolute Gasteiger partial charge is 0.223 e. The second kappa shape index (κ2) is 8.02. The number of ketones is 1. The van der Waals surface area contributed by atoms with E-state index in [0.717, 1.165) is 68.6 Å². The molecule has 140 valence electrons. The first-order valence-corrected chi connectivity index (χ1v) is 9.65. The fourth-order valence-corrected chi connectivity index (χ4v) is 4.11. The number of Topliss-reactive ketones (excluding diaryl/α,β-unsaturated/α-hetero) is 1. The van der Waals surface area contributed by atoms with Gasteiger partial charge in [0.15, 0.2) is 5.78 Å². The van der Waals surface area contributed by atoms with E-state index in [4.69, 9.17) is 0 Å². The minimum absolute atomic E-state index is 0.0573. The lowest BCUT2D eigenvalue weighted by atomic mass is 9.89. The van der Waals surface area contributed by atoms with Crippen LogP contribution in [0.2, 0.25) is 0 Å². The van der Waals surface area contributed by atoms with E-state index in [2.05, 4.69) is 0 Å². The Hall–Kier alpha value is -2.17. The predicted octanol–water partition coefficient (Wildman–Crippen LogP) is 3.21. The first kappa shape index (κ1) is 18.6. The van der Waals surface area contributed by atoms with E-state index < -0.39 is 0 Å². The van der Waals surface area contributed by atoms with Gasteiger partial charge >= 0.3 is 0 Å². The van der Waals surface area contributed by atoms with Crippen molar-refractivity contribution in [2.75, 3.05) is 24.5 Å². The lowest BCUT2D eigenvalue weighted by Gasteiger charge is -2.31. The zero-order valence-electron chi connectivity index (χ0n) is 15.8. The van der Waals surface area contributed by atoms with Crippen molar-refractivity contribution in [1.82, 2.24) is 4.90 Å². The Bertz CT molecular complexity index is 705. The molecule has 0 aliphatic carbocycles. The van der Waals surface area contributed by atoms with Crippen LogP contribution in [0.25, 0.3) is 0 Å². The van der Waals surface area contributed by atoms with E-state index in [0.29, 0.717) is 12.3 Å². The molecule has 0 atom stereocenters. The van der Waals surface area contributed by atoms with Crippen LogP contribution < -0.4 is 4.90 Å². The third-order valence-corrected chi connectivity index (χ3v) is 5.74. The van der Waals surface area contributed by atoms with Gasteiger partial charge in [-0.15, -0.1) is 0 Å². The van der Waals surface area contributed by atoms with Crippen LogP contribution in [0, 0.1) is 5.92 Å². The van der Waals surface area contributed by atoms with Crippen LogP contribution in [0.5, 0.6) is 0 Å². The van der Waals surface area contributed by atoms with Crippen LogP contribution in [0.1, 0.15) is 61.9 Å². The van der Waals surface area contributed by atoms with E-state index >= 15 is 0 Å². The van der Waals surface area contributed by atoms with Crippen molar-refractivity contribution in [3.8, 4) is 0 Å². The fourth-order valence-electron chi connectivity index (χ4n) is 4.11. The summed E-state index contributed by atoms with van der Waals surface area (Å²) in [5.41, 5.74) is 2.82. The normalized spacial score (nSPS) is 17.8. The Kier molecular flexibility index (Phi) is 5.74. The highest BCUT2D eigenvalue weighted by Crippen LogP contribution is 2.29. The highest BCUT2D eigenvalue weighted by atomic mass is 16.2. The molecule has 3 rings (SSSR count). The molecular formula is C21H28N2O3. The number of hydrogen-bond acceptors (Lipinski definition) is 3. The lowest BCUT2D eigenvalue weighted by molar-refractivity contribution is -0.130. The van der Waals surface area contributed by atoms with Gasteiger partial charge in [0.25, 0.3) is 0 Å². The number of likely N-dealkylation sites (tertiary alicyclic amines) is 1. The second-order valence-electron chi connectivity index (χ2n) is 7.53. The van der Waals surface area contributed by atoms with Crippen molar-refractivity contribution in [1.29, 1.82) is 0 Å². The number of aryl methyl sites for hydroxylation is 1. The Balaban J connectivity index is 1.57. The summed E-state index contributed by atoms with van der Waals surface area (Å²) in [6, 6.07) is 5.76. The van der Waals surface area contributed by atoms with Crippen molar-refractivity contribution in [3.05, 3.63) is 29.3 Å². The molecule has 0 bridgehead atoms. The highest BCUT2D eigenvalue weighted by Gasteiger charge is 2.23. The Morgan fingerprint density at radius 3 is 2.42 bits per heavy atom. The van der Waals surface area contributed by atoms with Crippen LogP contribution in [-0.2, 0) is 16.0 Å². The molecule has 2 aliphatic heterocycles. The van der Waals surface area contributed by atoms with Crippen molar-refractivity contribution < 1.29 is 14.4 Å². The molecule has 0 radical (unpaired) electrons. The molecular weight excluding hydrogens is 328 g/mol. The molecule has 0 N–H and O–H groups in total. The van der Waals surface area contributed by atoms with E-state index in [1.165, 1.54) is 0 Å². The minimum Gasteiger partial charge on any atom is -0.343 e. The van der Waals surface area contributed by atoms with Crippen LogP contribution in [0.15, 0.2) is 18.2 Å². The molecule has 1 fully saturated rings. The number of fused-ring (bicyclic) bond motifs is 1. The van der Waals surface area contributed by atoms with Gasteiger partial charge in [0.1, 0.15) is 0 Å². The van der Waals surface area contributed by atoms with Gasteiger partial charge in [-0.2, -0.15) is 0 Å². The highest BCUT2D eigenvalue weighted by molar-refractivity contribution is 5.98. The van der Waals surface area contributed by atoms with Crippen LogP contribution in [-0.4, -0.2) is 42.1 Å². The van der Waals surface area contributed by atoms with E-state index in [9.17, 15) is 14.4 Å². The first-order chi connectivity index (χ1) is 12.5. The number of amides is 2. The number of nitrogens with zero attached hydrogens (tertiary/aromatic N) is 2. The Morgan fingerprint density at radius 2 is 1.77 bits per heavy atom. The van der Waals surface area contributed by atoms with Gasteiger partial charge in [-0.25, -0.2) is 0 Å². The van der Waals surface area contributed by atoms with Gasteiger partial charge in [-0.3, -0.25) is 14.4 Å². The molecule has 1 saturated heterocycles. The van der Waals surface area contributed by atoms with Gasteiger partial charge < -0.3 is 9.80 Å². The second-order valence-corrected chi connectivity index (χ2v) is 7.53. The number of piperidine rings is 1. The molecule has 26 heavy (non-hydrogen) atoms. The minimum atomic E-state index is 0.0573. The number of carbonyl (C=O) groups is 3. The van der Waals surface area contributed by atoms with E-state index in [1.54, 1.807) is 18.7 Å². The maximum absolute atomic E-state index is 12.6. The summed E-state index contributed by atoms with van der Waals surface area (Å²) in [7, 11) is 0. The van der Waals surface area contributed by atoms with Gasteiger partial charge in [0.2, 0.25) is 11.8 Å².